The number of nitrogens with zero attached hydrogens (tertiary/aromatic N) is 1. The van der Waals surface area contributed by atoms with Crippen LogP contribution >= 0.6 is 39.9 Å². The lowest BCUT2D eigenvalue weighted by Gasteiger charge is -2.14. The predicted octanol–water partition coefficient (Wildman–Crippen LogP) is 2.57. The fraction of sp³-hybridized carbons (Fsp3) is 0.267. The molecule has 0 unspecified atom stereocenters. The van der Waals surface area contributed by atoms with Gasteiger partial charge in [0.1, 0.15) is 4.32 Å². The van der Waals surface area contributed by atoms with Crippen molar-refractivity contribution in [3.63, 3.8) is 0 Å². The van der Waals surface area contributed by atoms with Crippen LogP contribution in [0.15, 0.2) is 33.6 Å². The average Bonchev–Trinajstić information content (AvgIpc) is 2.70. The second-order valence-electron chi connectivity index (χ2n) is 4.72. The van der Waals surface area contributed by atoms with Gasteiger partial charge >= 0.3 is 0 Å². The normalized spacial score (nSPS) is 16.6. The molecule has 0 saturated carbocycles. The summed E-state index contributed by atoms with van der Waals surface area (Å²) in [6.45, 7) is 0.438. The number of thioether (sulfide) groups is 1. The maximum atomic E-state index is 12.3. The molecule has 1 saturated heterocycles. The van der Waals surface area contributed by atoms with Gasteiger partial charge in [-0.3, -0.25) is 9.69 Å². The maximum absolute atomic E-state index is 12.3. The van der Waals surface area contributed by atoms with Gasteiger partial charge < -0.3 is 9.90 Å². The summed E-state index contributed by atoms with van der Waals surface area (Å²) in [5.74, 6) is -1.19. The van der Waals surface area contributed by atoms with E-state index in [2.05, 4.69) is 15.9 Å². The first-order chi connectivity index (χ1) is 10.5. The van der Waals surface area contributed by atoms with Gasteiger partial charge in [0.15, 0.2) is 0 Å². The van der Waals surface area contributed by atoms with Gasteiger partial charge in [0.25, 0.3) is 5.91 Å². The molecule has 2 rings (SSSR count). The highest BCUT2D eigenvalue weighted by molar-refractivity contribution is 9.10. The highest BCUT2D eigenvalue weighted by Crippen LogP contribution is 2.33. The van der Waals surface area contributed by atoms with Gasteiger partial charge in [0, 0.05) is 17.0 Å². The Kier molecular flexibility index (Phi) is 6.16. The zero-order valence-corrected chi connectivity index (χ0v) is 14.8. The highest BCUT2D eigenvalue weighted by atomic mass is 79.9. The number of rotatable bonds is 6. The molecule has 0 radical (unpaired) electrons. The molecule has 0 N–H and O–H groups in total. The van der Waals surface area contributed by atoms with E-state index in [1.54, 1.807) is 0 Å². The molecular formula is C15H13BrNO3S2-. The molecule has 0 atom stereocenters. The van der Waals surface area contributed by atoms with E-state index in [1.165, 1.54) is 16.7 Å². The Balaban J connectivity index is 2.00. The van der Waals surface area contributed by atoms with E-state index in [9.17, 15) is 14.7 Å². The Morgan fingerprint density at radius 3 is 2.86 bits per heavy atom. The van der Waals surface area contributed by atoms with Crippen molar-refractivity contribution < 1.29 is 14.7 Å². The first-order valence-corrected chi connectivity index (χ1v) is 8.70. The SMILES string of the molecule is O=C([O-])CCCCN1C(=O)/C(=C\c2cccc(Br)c2)SC1=S. The number of hydrogen-bond acceptors (Lipinski definition) is 5. The van der Waals surface area contributed by atoms with Crippen LogP contribution in [0.2, 0.25) is 0 Å². The molecule has 4 nitrogen and oxygen atoms in total. The van der Waals surface area contributed by atoms with Gasteiger partial charge in [-0.2, -0.15) is 0 Å². The van der Waals surface area contributed by atoms with Gasteiger partial charge in [0.2, 0.25) is 0 Å². The van der Waals surface area contributed by atoms with Gasteiger partial charge in [-0.1, -0.05) is 52.0 Å². The van der Waals surface area contributed by atoms with Gasteiger partial charge in [-0.05, 0) is 43.0 Å². The molecule has 0 aromatic heterocycles. The highest BCUT2D eigenvalue weighted by Gasteiger charge is 2.31. The van der Waals surface area contributed by atoms with E-state index >= 15 is 0 Å². The lowest BCUT2D eigenvalue weighted by Crippen LogP contribution is -2.29. The molecule has 7 heteroatoms. The Bertz CT molecular complexity index is 645. The van der Waals surface area contributed by atoms with Crippen molar-refractivity contribution in [2.24, 2.45) is 0 Å². The van der Waals surface area contributed by atoms with Crippen molar-refractivity contribution in [2.75, 3.05) is 6.54 Å². The molecule has 1 fully saturated rings. The minimum atomic E-state index is -1.07. The summed E-state index contributed by atoms with van der Waals surface area (Å²) in [5, 5.41) is 10.4. The summed E-state index contributed by atoms with van der Waals surface area (Å²) in [6.07, 6.45) is 2.88. The van der Waals surface area contributed by atoms with E-state index in [0.717, 1.165) is 10.0 Å². The van der Waals surface area contributed by atoms with Crippen molar-refractivity contribution in [3.8, 4) is 0 Å². The number of carbonyl (C=O) groups is 2. The van der Waals surface area contributed by atoms with Crippen molar-refractivity contribution in [1.82, 2.24) is 4.90 Å². The molecule has 0 aliphatic carbocycles. The minimum Gasteiger partial charge on any atom is -0.550 e. The van der Waals surface area contributed by atoms with Gasteiger partial charge in [-0.25, -0.2) is 0 Å². The molecule has 1 aliphatic rings. The number of unbranched alkanes of at least 4 members (excludes halogenated alkanes) is 1. The van der Waals surface area contributed by atoms with Crippen LogP contribution in [0.3, 0.4) is 0 Å². The van der Waals surface area contributed by atoms with Crippen LogP contribution < -0.4 is 5.11 Å². The molecule has 1 aromatic carbocycles. The number of benzene rings is 1. The number of halogens is 1. The molecule has 0 spiro atoms. The van der Waals surface area contributed by atoms with Crippen molar-refractivity contribution in [3.05, 3.63) is 39.2 Å². The Hall–Kier alpha value is -1.18. The zero-order valence-electron chi connectivity index (χ0n) is 11.6. The first kappa shape index (κ1) is 17.2. The van der Waals surface area contributed by atoms with Crippen LogP contribution in [0.5, 0.6) is 0 Å². The molecule has 1 heterocycles. The summed E-state index contributed by atoms with van der Waals surface area (Å²) in [6, 6.07) is 7.65. The van der Waals surface area contributed by atoms with E-state index in [-0.39, 0.29) is 12.3 Å². The van der Waals surface area contributed by atoms with E-state index in [1.807, 2.05) is 30.3 Å². The summed E-state index contributed by atoms with van der Waals surface area (Å²) in [4.78, 5) is 24.8. The van der Waals surface area contributed by atoms with E-state index in [0.29, 0.717) is 28.6 Å². The summed E-state index contributed by atoms with van der Waals surface area (Å²) >= 11 is 9.89. The van der Waals surface area contributed by atoms with Crippen LogP contribution in [0.1, 0.15) is 24.8 Å². The third-order valence-electron chi connectivity index (χ3n) is 3.03. The zero-order chi connectivity index (χ0) is 16.1. The number of amides is 1. The molecular weight excluding hydrogens is 386 g/mol. The lowest BCUT2D eigenvalue weighted by molar-refractivity contribution is -0.305. The third-order valence-corrected chi connectivity index (χ3v) is 4.90. The number of aliphatic carboxylic acids is 1. The molecule has 1 amide bonds. The number of hydrogen-bond donors (Lipinski definition) is 0. The third kappa shape index (κ3) is 4.66. The van der Waals surface area contributed by atoms with Crippen molar-refractivity contribution in [2.45, 2.75) is 19.3 Å². The number of carboxylic acids is 1. The van der Waals surface area contributed by atoms with Crippen LogP contribution in [-0.2, 0) is 9.59 Å². The van der Waals surface area contributed by atoms with Crippen molar-refractivity contribution >= 4 is 62.2 Å². The molecule has 1 aromatic rings. The largest absolute Gasteiger partial charge is 0.550 e. The standard InChI is InChI=1S/C15H14BrNO3S2/c16-11-5-3-4-10(8-11)9-12-14(20)17(15(21)22-12)7-2-1-6-13(18)19/h3-5,8-9H,1-2,6-7H2,(H,18,19)/p-1/b12-9+. The average molecular weight is 399 g/mol. The quantitative estimate of drug-likeness (QED) is 0.418. The van der Waals surface area contributed by atoms with E-state index in [4.69, 9.17) is 12.2 Å². The Morgan fingerprint density at radius 1 is 1.41 bits per heavy atom. The van der Waals surface area contributed by atoms with Crippen LogP contribution in [0, 0.1) is 0 Å². The molecule has 0 bridgehead atoms. The topological polar surface area (TPSA) is 60.4 Å². The first-order valence-electron chi connectivity index (χ1n) is 6.68. The predicted molar refractivity (Wildman–Crippen MR) is 92.9 cm³/mol. The fourth-order valence-corrected chi connectivity index (χ4v) is 3.71. The van der Waals surface area contributed by atoms with E-state index < -0.39 is 5.97 Å². The monoisotopic (exact) mass is 398 g/mol. The van der Waals surface area contributed by atoms with Crippen LogP contribution in [-0.4, -0.2) is 27.6 Å². The van der Waals surface area contributed by atoms with Gasteiger partial charge in [-0.15, -0.1) is 0 Å². The van der Waals surface area contributed by atoms with Crippen molar-refractivity contribution in [1.29, 1.82) is 0 Å². The summed E-state index contributed by atoms with van der Waals surface area (Å²) in [7, 11) is 0. The minimum absolute atomic E-state index is 0.00265. The van der Waals surface area contributed by atoms with Gasteiger partial charge in [0.05, 0.1) is 4.91 Å². The second kappa shape index (κ2) is 7.89. The summed E-state index contributed by atoms with van der Waals surface area (Å²) < 4.78 is 1.46. The molecule has 1 aliphatic heterocycles. The van der Waals surface area contributed by atoms with Crippen LogP contribution in [0.25, 0.3) is 6.08 Å². The maximum Gasteiger partial charge on any atom is 0.266 e. The lowest BCUT2D eigenvalue weighted by atomic mass is 10.2. The second-order valence-corrected chi connectivity index (χ2v) is 7.31. The number of thiocarbonyl (C=S) groups is 1. The number of carboxylic acid groups (broad SMARTS) is 1. The molecule has 22 heavy (non-hydrogen) atoms. The summed E-state index contributed by atoms with van der Waals surface area (Å²) in [5.41, 5.74) is 0.923. The molecule has 116 valence electrons. The fourth-order valence-electron chi connectivity index (χ4n) is 1.98. The smallest absolute Gasteiger partial charge is 0.266 e. The number of carbonyl (C=O) groups excluding carboxylic acids is 2. The Morgan fingerprint density at radius 2 is 2.18 bits per heavy atom. The van der Waals surface area contributed by atoms with Crippen LogP contribution in [0.4, 0.5) is 0 Å². The Labute approximate surface area is 146 Å².